The average Bonchev–Trinajstić information content (AvgIpc) is 2.45. The van der Waals surface area contributed by atoms with Gasteiger partial charge in [-0.1, -0.05) is 36.0 Å². The van der Waals surface area contributed by atoms with Gasteiger partial charge in [-0.25, -0.2) is 0 Å². The fraction of sp³-hybridized carbons (Fsp3) is 0.562. The molecule has 5 heteroatoms. The molecular formula is C16H22Cl2N2O. The minimum Gasteiger partial charge on any atom is -0.341 e. The highest BCUT2D eigenvalue weighted by atomic mass is 35.5. The van der Waals surface area contributed by atoms with Crippen LogP contribution in [-0.2, 0) is 11.3 Å². The van der Waals surface area contributed by atoms with Crippen molar-refractivity contribution in [1.82, 2.24) is 4.90 Å². The molecule has 1 aliphatic carbocycles. The Labute approximate surface area is 136 Å². The maximum absolute atomic E-state index is 12.6. The highest BCUT2D eigenvalue weighted by Crippen LogP contribution is 2.31. The molecule has 1 saturated carbocycles. The van der Waals surface area contributed by atoms with Crippen LogP contribution < -0.4 is 5.73 Å². The largest absolute Gasteiger partial charge is 0.341 e. The van der Waals surface area contributed by atoms with Crippen LogP contribution in [0.15, 0.2) is 18.2 Å². The second-order valence-corrected chi connectivity index (χ2v) is 6.73. The zero-order valence-electron chi connectivity index (χ0n) is 12.3. The van der Waals surface area contributed by atoms with Crippen LogP contribution in [0.4, 0.5) is 0 Å². The Kier molecular flexibility index (Phi) is 5.91. The Bertz CT molecular complexity index is 487. The third kappa shape index (κ3) is 4.35. The monoisotopic (exact) mass is 328 g/mol. The van der Waals surface area contributed by atoms with Crippen LogP contribution in [0, 0.1) is 11.8 Å². The van der Waals surface area contributed by atoms with E-state index >= 15 is 0 Å². The molecule has 21 heavy (non-hydrogen) atoms. The fourth-order valence-electron chi connectivity index (χ4n) is 3.15. The van der Waals surface area contributed by atoms with Crippen LogP contribution in [0.25, 0.3) is 0 Å². The molecule has 2 N–H and O–H groups in total. The highest BCUT2D eigenvalue weighted by molar-refractivity contribution is 6.34. The Morgan fingerprint density at radius 2 is 1.86 bits per heavy atom. The van der Waals surface area contributed by atoms with Gasteiger partial charge >= 0.3 is 0 Å². The molecule has 2 unspecified atom stereocenters. The van der Waals surface area contributed by atoms with Gasteiger partial charge in [0.05, 0.1) is 0 Å². The van der Waals surface area contributed by atoms with Gasteiger partial charge in [-0.2, -0.15) is 0 Å². The number of nitrogens with two attached hydrogens (primary N) is 1. The topological polar surface area (TPSA) is 46.3 Å². The van der Waals surface area contributed by atoms with Crippen molar-refractivity contribution in [3.63, 3.8) is 0 Å². The first-order chi connectivity index (χ1) is 10.0. The first-order valence-corrected chi connectivity index (χ1v) is 8.17. The van der Waals surface area contributed by atoms with E-state index in [1.54, 1.807) is 11.0 Å². The van der Waals surface area contributed by atoms with Crippen LogP contribution in [-0.4, -0.2) is 24.4 Å². The van der Waals surface area contributed by atoms with Crippen molar-refractivity contribution in [2.75, 3.05) is 13.6 Å². The molecule has 1 aromatic carbocycles. The summed E-state index contributed by atoms with van der Waals surface area (Å²) < 4.78 is 0. The number of rotatable bonds is 4. The van der Waals surface area contributed by atoms with E-state index in [4.69, 9.17) is 28.9 Å². The number of nitrogens with zero attached hydrogens (tertiary/aromatic N) is 1. The van der Waals surface area contributed by atoms with E-state index in [0.717, 1.165) is 24.8 Å². The molecule has 1 aromatic rings. The zero-order valence-corrected chi connectivity index (χ0v) is 13.8. The molecule has 2 rings (SSSR count). The quantitative estimate of drug-likeness (QED) is 0.915. The molecule has 0 heterocycles. The lowest BCUT2D eigenvalue weighted by atomic mass is 9.78. The molecule has 1 aliphatic rings. The van der Waals surface area contributed by atoms with Gasteiger partial charge < -0.3 is 10.6 Å². The number of hydrogen-bond acceptors (Lipinski definition) is 2. The van der Waals surface area contributed by atoms with Crippen LogP contribution >= 0.6 is 23.2 Å². The van der Waals surface area contributed by atoms with Gasteiger partial charge in [-0.05, 0) is 49.1 Å². The third-order valence-corrected chi connectivity index (χ3v) is 4.68. The Hall–Kier alpha value is -0.770. The van der Waals surface area contributed by atoms with Gasteiger partial charge in [-0.3, -0.25) is 4.79 Å². The molecule has 0 aliphatic heterocycles. The number of carbonyl (C=O) groups excluding carboxylic acids is 1. The number of benzene rings is 1. The van der Waals surface area contributed by atoms with Crippen molar-refractivity contribution in [2.45, 2.75) is 32.2 Å². The lowest BCUT2D eigenvalue weighted by Crippen LogP contribution is -2.40. The van der Waals surface area contributed by atoms with Gasteiger partial charge in [0.2, 0.25) is 5.91 Å². The van der Waals surface area contributed by atoms with Crippen LogP contribution in [0.2, 0.25) is 10.0 Å². The molecule has 0 bridgehead atoms. The summed E-state index contributed by atoms with van der Waals surface area (Å²) in [6.07, 6.45) is 4.30. The average molecular weight is 329 g/mol. The predicted octanol–water partition coefficient (Wildman–Crippen LogP) is 3.72. The lowest BCUT2D eigenvalue weighted by molar-refractivity contribution is -0.137. The normalized spacial score (nSPS) is 22.1. The molecule has 0 radical (unpaired) electrons. The van der Waals surface area contributed by atoms with Crippen molar-refractivity contribution in [3.05, 3.63) is 33.8 Å². The van der Waals surface area contributed by atoms with E-state index in [1.807, 2.05) is 19.2 Å². The Morgan fingerprint density at radius 3 is 2.48 bits per heavy atom. The standard InChI is InChI=1S/C16H22Cl2N2O/c1-20(10-11-6-13(17)8-14(18)7-11)16(21)15-5-3-2-4-12(15)9-19/h6-8,12,15H,2-5,9-10,19H2,1H3. The summed E-state index contributed by atoms with van der Waals surface area (Å²) in [5, 5.41) is 1.19. The lowest BCUT2D eigenvalue weighted by Gasteiger charge is -2.32. The fourth-order valence-corrected chi connectivity index (χ4v) is 3.72. The van der Waals surface area contributed by atoms with Crippen molar-refractivity contribution in [2.24, 2.45) is 17.6 Å². The summed E-state index contributed by atoms with van der Waals surface area (Å²) in [5.41, 5.74) is 6.77. The van der Waals surface area contributed by atoms with Gasteiger partial charge in [0.15, 0.2) is 0 Å². The molecule has 3 nitrogen and oxygen atoms in total. The minimum atomic E-state index is 0.0587. The second kappa shape index (κ2) is 7.48. The summed E-state index contributed by atoms with van der Waals surface area (Å²) in [5.74, 6) is 0.557. The first-order valence-electron chi connectivity index (χ1n) is 7.41. The van der Waals surface area contributed by atoms with Gasteiger partial charge in [-0.15, -0.1) is 0 Å². The highest BCUT2D eigenvalue weighted by Gasteiger charge is 2.31. The molecule has 0 aromatic heterocycles. The van der Waals surface area contributed by atoms with Gasteiger partial charge in [0.1, 0.15) is 0 Å². The predicted molar refractivity (Wildman–Crippen MR) is 87.4 cm³/mol. The first kappa shape index (κ1) is 16.6. The maximum Gasteiger partial charge on any atom is 0.226 e. The van der Waals surface area contributed by atoms with Crippen molar-refractivity contribution in [1.29, 1.82) is 0 Å². The minimum absolute atomic E-state index is 0.0587. The van der Waals surface area contributed by atoms with Crippen LogP contribution in [0.3, 0.4) is 0 Å². The summed E-state index contributed by atoms with van der Waals surface area (Å²) in [7, 11) is 1.83. The number of hydrogen-bond donors (Lipinski definition) is 1. The maximum atomic E-state index is 12.6. The van der Waals surface area contributed by atoms with Crippen molar-refractivity contribution >= 4 is 29.1 Å². The van der Waals surface area contributed by atoms with Crippen LogP contribution in [0.1, 0.15) is 31.2 Å². The van der Waals surface area contributed by atoms with Crippen molar-refractivity contribution in [3.8, 4) is 0 Å². The molecule has 1 amide bonds. The van der Waals surface area contributed by atoms with Gasteiger partial charge in [0, 0.05) is 29.6 Å². The van der Waals surface area contributed by atoms with E-state index < -0.39 is 0 Å². The van der Waals surface area contributed by atoms with E-state index in [9.17, 15) is 4.79 Å². The summed E-state index contributed by atoms with van der Waals surface area (Å²) >= 11 is 12.0. The van der Waals surface area contributed by atoms with E-state index in [2.05, 4.69) is 0 Å². The SMILES string of the molecule is CN(Cc1cc(Cl)cc(Cl)c1)C(=O)C1CCCCC1CN. The number of amides is 1. The molecule has 0 saturated heterocycles. The zero-order chi connectivity index (χ0) is 15.4. The molecule has 1 fully saturated rings. The molecule has 116 valence electrons. The summed E-state index contributed by atoms with van der Waals surface area (Å²) in [4.78, 5) is 14.4. The number of halogens is 2. The van der Waals surface area contributed by atoms with E-state index in [-0.39, 0.29) is 11.8 Å². The smallest absolute Gasteiger partial charge is 0.226 e. The Balaban J connectivity index is 2.04. The number of carbonyl (C=O) groups is 1. The van der Waals surface area contributed by atoms with Crippen molar-refractivity contribution < 1.29 is 4.79 Å². The Morgan fingerprint density at radius 1 is 1.24 bits per heavy atom. The summed E-state index contributed by atoms with van der Waals surface area (Å²) in [6.45, 7) is 1.11. The molecule has 2 atom stereocenters. The van der Waals surface area contributed by atoms with E-state index in [1.165, 1.54) is 6.42 Å². The van der Waals surface area contributed by atoms with Crippen LogP contribution in [0.5, 0.6) is 0 Å². The third-order valence-electron chi connectivity index (χ3n) is 4.25. The summed E-state index contributed by atoms with van der Waals surface area (Å²) in [6, 6.07) is 5.39. The van der Waals surface area contributed by atoms with Gasteiger partial charge in [0.25, 0.3) is 0 Å². The molecular weight excluding hydrogens is 307 g/mol. The molecule has 0 spiro atoms. The van der Waals surface area contributed by atoms with E-state index in [0.29, 0.717) is 29.1 Å². The second-order valence-electron chi connectivity index (χ2n) is 5.86.